The highest BCUT2D eigenvalue weighted by molar-refractivity contribution is 7.12. The molecule has 0 spiro atoms. The Morgan fingerprint density at radius 3 is 2.50 bits per heavy atom. The second kappa shape index (κ2) is 10.1. The summed E-state index contributed by atoms with van der Waals surface area (Å²) in [4.78, 5) is 37.0. The molecule has 0 fully saturated rings. The quantitative estimate of drug-likeness (QED) is 0.492. The highest BCUT2D eigenvalue weighted by atomic mass is 32.1. The molecule has 0 aliphatic carbocycles. The standard InChI is InChI=1S/C19H20N2O6S/c1-4-7-20-17(22)11-27-19(24)12-9-14(25-2)15(26-3)10-13(12)21-18(23)16-6-5-8-28-16/h4-6,8-10H,1,7,11H2,2-3H3,(H,20,22)(H,21,23). The normalized spacial score (nSPS) is 9.93. The molecule has 148 valence electrons. The number of hydrogen-bond acceptors (Lipinski definition) is 7. The zero-order valence-electron chi connectivity index (χ0n) is 15.4. The number of methoxy groups -OCH3 is 2. The molecule has 0 unspecified atom stereocenters. The van der Waals surface area contributed by atoms with Crippen molar-refractivity contribution in [2.75, 3.05) is 32.7 Å². The predicted octanol–water partition coefficient (Wildman–Crippen LogP) is 2.48. The molecule has 8 nitrogen and oxygen atoms in total. The van der Waals surface area contributed by atoms with Crippen LogP contribution in [-0.4, -0.2) is 45.2 Å². The third kappa shape index (κ3) is 5.34. The average Bonchev–Trinajstić information content (AvgIpc) is 3.25. The van der Waals surface area contributed by atoms with E-state index in [-0.39, 0.29) is 29.5 Å². The minimum Gasteiger partial charge on any atom is -0.493 e. The molecule has 9 heteroatoms. The Morgan fingerprint density at radius 2 is 1.89 bits per heavy atom. The van der Waals surface area contributed by atoms with Crippen LogP contribution in [0.3, 0.4) is 0 Å². The van der Waals surface area contributed by atoms with Gasteiger partial charge in [-0.25, -0.2) is 4.79 Å². The molecule has 0 aliphatic rings. The van der Waals surface area contributed by atoms with E-state index in [0.717, 1.165) is 0 Å². The van der Waals surface area contributed by atoms with Crippen molar-refractivity contribution in [3.05, 3.63) is 52.7 Å². The SMILES string of the molecule is C=CCNC(=O)COC(=O)c1cc(OC)c(OC)cc1NC(=O)c1cccs1. The number of rotatable bonds is 9. The summed E-state index contributed by atoms with van der Waals surface area (Å²) in [5.41, 5.74) is 0.201. The lowest BCUT2D eigenvalue weighted by Gasteiger charge is -2.15. The fourth-order valence-electron chi connectivity index (χ4n) is 2.19. The van der Waals surface area contributed by atoms with Crippen molar-refractivity contribution in [2.24, 2.45) is 0 Å². The molecule has 1 aromatic carbocycles. The first-order valence-electron chi connectivity index (χ1n) is 8.15. The van der Waals surface area contributed by atoms with Crippen LogP contribution in [0, 0.1) is 0 Å². The number of carbonyl (C=O) groups is 3. The summed E-state index contributed by atoms with van der Waals surface area (Å²) < 4.78 is 15.5. The first-order valence-corrected chi connectivity index (χ1v) is 9.03. The van der Waals surface area contributed by atoms with Gasteiger partial charge in [0.2, 0.25) is 0 Å². The molecule has 1 heterocycles. The predicted molar refractivity (Wildman–Crippen MR) is 105 cm³/mol. The van der Waals surface area contributed by atoms with Crippen LogP contribution in [0.5, 0.6) is 11.5 Å². The van der Waals surface area contributed by atoms with E-state index in [1.54, 1.807) is 17.5 Å². The number of amides is 2. The Labute approximate surface area is 166 Å². The van der Waals surface area contributed by atoms with Crippen molar-refractivity contribution >= 4 is 34.8 Å². The molecule has 2 aromatic rings. The van der Waals surface area contributed by atoms with Crippen molar-refractivity contribution in [1.29, 1.82) is 0 Å². The maximum atomic E-state index is 12.5. The van der Waals surface area contributed by atoms with E-state index in [2.05, 4.69) is 17.2 Å². The molecule has 0 bridgehead atoms. The Morgan fingerprint density at radius 1 is 1.18 bits per heavy atom. The first kappa shape index (κ1) is 21.0. The topological polar surface area (TPSA) is 103 Å². The van der Waals surface area contributed by atoms with Gasteiger partial charge in [0.25, 0.3) is 11.8 Å². The second-order valence-electron chi connectivity index (χ2n) is 5.35. The number of carbonyl (C=O) groups excluding carboxylic acids is 3. The van der Waals surface area contributed by atoms with Gasteiger partial charge in [-0.15, -0.1) is 17.9 Å². The van der Waals surface area contributed by atoms with Crippen LogP contribution in [0.25, 0.3) is 0 Å². The van der Waals surface area contributed by atoms with Gasteiger partial charge in [0.1, 0.15) is 0 Å². The third-order valence-corrected chi connectivity index (χ3v) is 4.38. The van der Waals surface area contributed by atoms with Crippen molar-refractivity contribution in [3.63, 3.8) is 0 Å². The van der Waals surface area contributed by atoms with Crippen LogP contribution < -0.4 is 20.1 Å². The van der Waals surface area contributed by atoms with Gasteiger partial charge in [-0.1, -0.05) is 12.1 Å². The van der Waals surface area contributed by atoms with E-state index in [1.165, 1.54) is 43.8 Å². The number of thiophene rings is 1. The Kier molecular flexibility index (Phi) is 7.58. The van der Waals surface area contributed by atoms with Crippen LogP contribution in [0.15, 0.2) is 42.3 Å². The number of ether oxygens (including phenoxy) is 3. The number of benzene rings is 1. The maximum Gasteiger partial charge on any atom is 0.340 e. The zero-order chi connectivity index (χ0) is 20.5. The number of nitrogens with one attached hydrogen (secondary N) is 2. The van der Waals surface area contributed by atoms with Crippen LogP contribution >= 0.6 is 11.3 Å². The second-order valence-corrected chi connectivity index (χ2v) is 6.30. The molecule has 0 radical (unpaired) electrons. The van der Waals surface area contributed by atoms with Gasteiger partial charge in [-0.3, -0.25) is 9.59 Å². The highest BCUT2D eigenvalue weighted by Gasteiger charge is 2.21. The van der Waals surface area contributed by atoms with Crippen molar-refractivity contribution < 1.29 is 28.6 Å². The molecule has 28 heavy (non-hydrogen) atoms. The summed E-state index contributed by atoms with van der Waals surface area (Å²) in [7, 11) is 2.85. The summed E-state index contributed by atoms with van der Waals surface area (Å²) in [6.07, 6.45) is 1.51. The number of hydrogen-bond donors (Lipinski definition) is 2. The van der Waals surface area contributed by atoms with Gasteiger partial charge in [-0.2, -0.15) is 0 Å². The van der Waals surface area contributed by atoms with Gasteiger partial charge in [0.15, 0.2) is 18.1 Å². The molecular weight excluding hydrogens is 384 g/mol. The molecular formula is C19H20N2O6S. The van der Waals surface area contributed by atoms with E-state index in [4.69, 9.17) is 14.2 Å². The lowest BCUT2D eigenvalue weighted by Crippen LogP contribution is -2.29. The zero-order valence-corrected chi connectivity index (χ0v) is 16.3. The molecule has 0 atom stereocenters. The average molecular weight is 404 g/mol. The lowest BCUT2D eigenvalue weighted by molar-refractivity contribution is -0.124. The Bertz CT molecular complexity index is 864. The minimum absolute atomic E-state index is 0.0269. The number of anilines is 1. The van der Waals surface area contributed by atoms with Crippen LogP contribution in [0.2, 0.25) is 0 Å². The minimum atomic E-state index is -0.795. The van der Waals surface area contributed by atoms with Gasteiger partial charge in [0.05, 0.1) is 30.3 Å². The molecule has 1 aromatic heterocycles. The van der Waals surface area contributed by atoms with Crippen molar-refractivity contribution in [2.45, 2.75) is 0 Å². The van der Waals surface area contributed by atoms with E-state index in [1.807, 2.05) is 0 Å². The fourth-order valence-corrected chi connectivity index (χ4v) is 2.81. The largest absolute Gasteiger partial charge is 0.493 e. The summed E-state index contributed by atoms with van der Waals surface area (Å²) >= 11 is 1.26. The van der Waals surface area contributed by atoms with Crippen LogP contribution in [0.1, 0.15) is 20.0 Å². The summed E-state index contributed by atoms with van der Waals surface area (Å²) in [6.45, 7) is 3.27. The summed E-state index contributed by atoms with van der Waals surface area (Å²) in [6, 6.07) is 6.24. The smallest absolute Gasteiger partial charge is 0.340 e. The number of esters is 1. The molecule has 0 saturated carbocycles. The molecule has 0 saturated heterocycles. The van der Waals surface area contributed by atoms with E-state index < -0.39 is 18.5 Å². The first-order chi connectivity index (χ1) is 13.5. The van der Waals surface area contributed by atoms with Gasteiger partial charge < -0.3 is 24.8 Å². The molecule has 2 N–H and O–H groups in total. The van der Waals surface area contributed by atoms with E-state index in [0.29, 0.717) is 10.6 Å². The third-order valence-electron chi connectivity index (χ3n) is 3.51. The fraction of sp³-hybridized carbons (Fsp3) is 0.211. The van der Waals surface area contributed by atoms with Crippen LogP contribution in [-0.2, 0) is 9.53 Å². The monoisotopic (exact) mass is 404 g/mol. The van der Waals surface area contributed by atoms with Gasteiger partial charge in [0, 0.05) is 18.7 Å². The Balaban J connectivity index is 2.26. The van der Waals surface area contributed by atoms with Crippen molar-refractivity contribution in [3.8, 4) is 11.5 Å². The summed E-state index contributed by atoms with van der Waals surface area (Å²) in [5.74, 6) is -1.06. The summed E-state index contributed by atoms with van der Waals surface area (Å²) in [5, 5.41) is 6.93. The molecule has 2 amide bonds. The molecule has 0 aliphatic heterocycles. The Hall–Kier alpha value is -3.33. The lowest BCUT2D eigenvalue weighted by atomic mass is 10.1. The van der Waals surface area contributed by atoms with Gasteiger partial charge in [-0.05, 0) is 11.4 Å². The maximum absolute atomic E-state index is 12.5. The van der Waals surface area contributed by atoms with E-state index >= 15 is 0 Å². The highest BCUT2D eigenvalue weighted by Crippen LogP contribution is 2.34. The van der Waals surface area contributed by atoms with E-state index in [9.17, 15) is 14.4 Å². The van der Waals surface area contributed by atoms with Gasteiger partial charge >= 0.3 is 5.97 Å². The molecule has 2 rings (SSSR count). The van der Waals surface area contributed by atoms with Crippen molar-refractivity contribution in [1.82, 2.24) is 5.32 Å². The van der Waals surface area contributed by atoms with Crippen LogP contribution in [0.4, 0.5) is 5.69 Å².